The summed E-state index contributed by atoms with van der Waals surface area (Å²) < 4.78 is 23.6. The molecular weight excluding hydrogens is 312 g/mol. The van der Waals surface area contributed by atoms with Gasteiger partial charge in [0.05, 0.1) is 12.2 Å². The van der Waals surface area contributed by atoms with E-state index in [1.165, 1.54) is 4.88 Å². The Bertz CT molecular complexity index is 636. The summed E-state index contributed by atoms with van der Waals surface area (Å²) in [6.45, 7) is 0.135. The molecule has 1 aliphatic rings. The Kier molecular flexibility index (Phi) is 5.00. The van der Waals surface area contributed by atoms with Gasteiger partial charge in [-0.3, -0.25) is 14.3 Å². The normalized spacial score (nSPS) is 17.9. The van der Waals surface area contributed by atoms with Crippen molar-refractivity contribution in [3.8, 4) is 0 Å². The Morgan fingerprint density at radius 3 is 2.90 bits per heavy atom. The molecule has 1 aliphatic carbocycles. The third-order valence-corrected chi connectivity index (χ3v) is 4.91. The van der Waals surface area contributed by atoms with Crippen LogP contribution < -0.4 is 10.0 Å². The van der Waals surface area contributed by atoms with Crippen LogP contribution in [0.1, 0.15) is 35.6 Å². The van der Waals surface area contributed by atoms with Crippen molar-refractivity contribution in [3.05, 3.63) is 21.9 Å². The molecule has 0 aromatic carbocycles. The van der Waals surface area contributed by atoms with Crippen molar-refractivity contribution in [2.45, 2.75) is 31.6 Å². The van der Waals surface area contributed by atoms with Crippen LogP contribution in [0.2, 0.25) is 0 Å². The summed E-state index contributed by atoms with van der Waals surface area (Å²) >= 11 is 1.67. The Morgan fingerprint density at radius 2 is 2.19 bits per heavy atom. The maximum atomic E-state index is 12.2. The van der Waals surface area contributed by atoms with Crippen molar-refractivity contribution >= 4 is 33.2 Å². The Morgan fingerprint density at radius 1 is 1.43 bits per heavy atom. The molecule has 21 heavy (non-hydrogen) atoms. The lowest BCUT2D eigenvalue weighted by Crippen LogP contribution is -2.35. The Hall–Kier alpha value is -1.41. The number of thiophene rings is 1. The molecule has 2 amide bonds. The molecule has 0 saturated heterocycles. The average Bonchev–Trinajstić information content (AvgIpc) is 2.84. The second kappa shape index (κ2) is 6.57. The van der Waals surface area contributed by atoms with Gasteiger partial charge in [0.15, 0.2) is 0 Å². The lowest BCUT2D eigenvalue weighted by Gasteiger charge is -2.21. The standard InChI is InChI=1S/C13H18N2O4S2/c1-21(18,19)15-12(16)5-7-14-13(17)10-3-2-4-11-9(10)6-8-20-11/h6,8,10H,2-5,7H2,1H3,(H,14,17)(H,15,16)/t10-/m1/s1. The number of aryl methyl sites for hydroxylation is 1. The molecule has 0 bridgehead atoms. The van der Waals surface area contributed by atoms with Crippen LogP contribution in [0, 0.1) is 0 Å². The summed E-state index contributed by atoms with van der Waals surface area (Å²) in [6, 6.07) is 1.99. The summed E-state index contributed by atoms with van der Waals surface area (Å²) in [4.78, 5) is 24.8. The summed E-state index contributed by atoms with van der Waals surface area (Å²) in [7, 11) is -3.54. The molecule has 8 heteroatoms. The molecule has 6 nitrogen and oxygen atoms in total. The number of sulfonamides is 1. The van der Waals surface area contributed by atoms with Crippen molar-refractivity contribution < 1.29 is 18.0 Å². The molecule has 116 valence electrons. The monoisotopic (exact) mass is 330 g/mol. The molecule has 1 aromatic rings. The van der Waals surface area contributed by atoms with E-state index < -0.39 is 15.9 Å². The minimum Gasteiger partial charge on any atom is -0.355 e. The average molecular weight is 330 g/mol. The third kappa shape index (κ3) is 4.53. The third-order valence-electron chi connectivity index (χ3n) is 3.32. The molecule has 0 unspecified atom stereocenters. The molecule has 1 aromatic heterocycles. The summed E-state index contributed by atoms with van der Waals surface area (Å²) in [6.07, 6.45) is 3.68. The molecule has 0 saturated carbocycles. The lowest BCUT2D eigenvalue weighted by molar-refractivity contribution is -0.123. The quantitative estimate of drug-likeness (QED) is 0.833. The molecule has 0 radical (unpaired) electrons. The number of carbonyl (C=O) groups excluding carboxylic acids is 2. The van der Waals surface area contributed by atoms with Crippen LogP contribution in [0.15, 0.2) is 11.4 Å². The van der Waals surface area contributed by atoms with Crippen LogP contribution in [0.25, 0.3) is 0 Å². The van der Waals surface area contributed by atoms with Crippen LogP contribution in [0.4, 0.5) is 0 Å². The van der Waals surface area contributed by atoms with Crippen molar-refractivity contribution in [2.24, 2.45) is 0 Å². The Balaban J connectivity index is 1.83. The van der Waals surface area contributed by atoms with E-state index in [1.54, 1.807) is 11.3 Å². The number of rotatable bonds is 5. The van der Waals surface area contributed by atoms with Crippen molar-refractivity contribution in [1.82, 2.24) is 10.0 Å². The fourth-order valence-electron chi connectivity index (χ4n) is 2.44. The number of nitrogens with one attached hydrogen (secondary N) is 2. The van der Waals surface area contributed by atoms with Crippen LogP contribution in [-0.4, -0.2) is 33.0 Å². The van der Waals surface area contributed by atoms with Gasteiger partial charge in [-0.2, -0.15) is 0 Å². The smallest absolute Gasteiger partial charge is 0.235 e. The number of hydrogen-bond acceptors (Lipinski definition) is 5. The maximum Gasteiger partial charge on any atom is 0.235 e. The molecule has 1 atom stereocenters. The van der Waals surface area contributed by atoms with Gasteiger partial charge >= 0.3 is 0 Å². The fraction of sp³-hybridized carbons (Fsp3) is 0.538. The zero-order valence-electron chi connectivity index (χ0n) is 11.7. The number of fused-ring (bicyclic) bond motifs is 1. The first-order chi connectivity index (χ1) is 9.87. The predicted octanol–water partition coefficient (Wildman–Crippen LogP) is 0.750. The largest absolute Gasteiger partial charge is 0.355 e. The van der Waals surface area contributed by atoms with Gasteiger partial charge in [-0.25, -0.2) is 8.42 Å². The second-order valence-electron chi connectivity index (χ2n) is 5.08. The minimum absolute atomic E-state index is 0.0535. The van der Waals surface area contributed by atoms with E-state index >= 15 is 0 Å². The van der Waals surface area contributed by atoms with Gasteiger partial charge in [-0.05, 0) is 36.3 Å². The summed E-state index contributed by atoms with van der Waals surface area (Å²) in [5.74, 6) is -0.864. The highest BCUT2D eigenvalue weighted by molar-refractivity contribution is 7.89. The second-order valence-corrected chi connectivity index (χ2v) is 7.83. The Labute approximate surface area is 128 Å². The van der Waals surface area contributed by atoms with Gasteiger partial charge in [0.25, 0.3) is 0 Å². The number of hydrogen-bond donors (Lipinski definition) is 2. The summed E-state index contributed by atoms with van der Waals surface area (Å²) in [5, 5.41) is 4.71. The first kappa shape index (κ1) is 16.0. The van der Waals surface area contributed by atoms with Crippen LogP contribution in [0.3, 0.4) is 0 Å². The van der Waals surface area contributed by atoms with E-state index in [-0.39, 0.29) is 24.8 Å². The van der Waals surface area contributed by atoms with Crippen molar-refractivity contribution in [1.29, 1.82) is 0 Å². The topological polar surface area (TPSA) is 92.3 Å². The lowest BCUT2D eigenvalue weighted by atomic mass is 9.87. The molecule has 2 N–H and O–H groups in total. The van der Waals surface area contributed by atoms with Gasteiger partial charge in [0.1, 0.15) is 0 Å². The number of carbonyl (C=O) groups is 2. The molecule has 0 spiro atoms. The molecular formula is C13H18N2O4S2. The first-order valence-corrected chi connectivity index (χ1v) is 9.48. The van der Waals surface area contributed by atoms with E-state index in [9.17, 15) is 18.0 Å². The van der Waals surface area contributed by atoms with E-state index in [2.05, 4.69) is 5.32 Å². The van der Waals surface area contributed by atoms with Crippen LogP contribution in [0.5, 0.6) is 0 Å². The zero-order chi connectivity index (χ0) is 15.5. The van der Waals surface area contributed by atoms with E-state index in [1.807, 2.05) is 16.2 Å². The van der Waals surface area contributed by atoms with Gasteiger partial charge in [-0.1, -0.05) is 0 Å². The van der Waals surface area contributed by atoms with Crippen LogP contribution in [-0.2, 0) is 26.0 Å². The van der Waals surface area contributed by atoms with Gasteiger partial charge in [0.2, 0.25) is 21.8 Å². The molecule has 0 fully saturated rings. The predicted molar refractivity (Wildman–Crippen MR) is 80.6 cm³/mol. The SMILES string of the molecule is CS(=O)(=O)NC(=O)CCNC(=O)[C@@H]1CCCc2sccc21. The number of amides is 2. The van der Waals surface area contributed by atoms with Crippen molar-refractivity contribution in [3.63, 3.8) is 0 Å². The van der Waals surface area contributed by atoms with Crippen molar-refractivity contribution in [2.75, 3.05) is 12.8 Å². The van der Waals surface area contributed by atoms with Gasteiger partial charge < -0.3 is 5.32 Å². The van der Waals surface area contributed by atoms with E-state index in [4.69, 9.17) is 0 Å². The minimum atomic E-state index is -3.54. The highest BCUT2D eigenvalue weighted by Crippen LogP contribution is 2.34. The first-order valence-electron chi connectivity index (χ1n) is 6.71. The molecule has 2 rings (SSSR count). The van der Waals surface area contributed by atoms with E-state index in [0.29, 0.717) is 0 Å². The fourth-order valence-corrected chi connectivity index (χ4v) is 3.94. The highest BCUT2D eigenvalue weighted by atomic mass is 32.2. The van der Waals surface area contributed by atoms with Gasteiger partial charge in [0, 0.05) is 17.8 Å². The highest BCUT2D eigenvalue weighted by Gasteiger charge is 2.27. The van der Waals surface area contributed by atoms with E-state index in [0.717, 1.165) is 31.1 Å². The molecule has 1 heterocycles. The zero-order valence-corrected chi connectivity index (χ0v) is 13.4. The molecule has 0 aliphatic heterocycles. The summed E-state index contributed by atoms with van der Waals surface area (Å²) in [5.41, 5.74) is 1.09. The van der Waals surface area contributed by atoms with Crippen LogP contribution >= 0.6 is 11.3 Å². The van der Waals surface area contributed by atoms with Gasteiger partial charge in [-0.15, -0.1) is 11.3 Å². The maximum absolute atomic E-state index is 12.2.